The molecule has 4 amide bonds. The van der Waals surface area contributed by atoms with Gasteiger partial charge in [0.25, 0.3) is 11.8 Å². The van der Waals surface area contributed by atoms with Crippen LogP contribution < -0.4 is 16.0 Å². The molecule has 4 rings (SSSR count). The number of hydrogen-bond acceptors (Lipinski definition) is 3. The van der Waals surface area contributed by atoms with E-state index in [1.165, 1.54) is 24.8 Å². The largest absolute Gasteiger partial charge is 0.349 e. The number of hydrogen-bond donors (Lipinski definition) is 3. The lowest BCUT2D eigenvalue weighted by Gasteiger charge is -2.26. The highest BCUT2D eigenvalue weighted by atomic mass is 16.2. The molecule has 0 bridgehead atoms. The number of urea groups is 1. The van der Waals surface area contributed by atoms with Crippen LogP contribution in [0.2, 0.25) is 0 Å². The molecule has 6 heteroatoms. The molecule has 0 unspecified atom stereocenters. The molecule has 1 atom stereocenters. The summed E-state index contributed by atoms with van der Waals surface area (Å²) in [5.74, 6) is -0.0624. The highest BCUT2D eigenvalue weighted by Crippen LogP contribution is 2.37. The number of nitrogens with one attached hydrogen (secondary N) is 3. The fraction of sp³-hybridized carbons (Fsp3) is 0.318. The molecule has 2 aliphatic rings. The number of imide groups is 1. The summed E-state index contributed by atoms with van der Waals surface area (Å²) in [6, 6.07) is 15.3. The van der Waals surface area contributed by atoms with Crippen LogP contribution in [0.25, 0.3) is 11.1 Å². The van der Waals surface area contributed by atoms with Crippen molar-refractivity contribution >= 4 is 17.8 Å². The van der Waals surface area contributed by atoms with Gasteiger partial charge in [-0.05, 0) is 48.4 Å². The van der Waals surface area contributed by atoms with E-state index in [-0.39, 0.29) is 12.5 Å². The Morgan fingerprint density at radius 2 is 1.82 bits per heavy atom. The Hall–Kier alpha value is -3.15. The molecule has 1 heterocycles. The SMILES string of the molecule is C[C@]1(CNC(=O)c2ccccc2-c2ccc(C3CCC3)cc2)NC(=O)NC1=O. The first-order valence-electron chi connectivity index (χ1n) is 9.57. The second-order valence-electron chi connectivity index (χ2n) is 7.72. The summed E-state index contributed by atoms with van der Waals surface area (Å²) in [5, 5.41) is 7.51. The molecule has 144 valence electrons. The lowest BCUT2D eigenvalue weighted by molar-refractivity contribution is -0.123. The lowest BCUT2D eigenvalue weighted by Crippen LogP contribution is -2.52. The van der Waals surface area contributed by atoms with E-state index >= 15 is 0 Å². The lowest BCUT2D eigenvalue weighted by atomic mass is 9.80. The fourth-order valence-corrected chi connectivity index (χ4v) is 3.67. The molecule has 0 spiro atoms. The van der Waals surface area contributed by atoms with E-state index in [2.05, 4.69) is 40.2 Å². The van der Waals surface area contributed by atoms with Crippen LogP contribution in [0, 0.1) is 0 Å². The number of carbonyl (C=O) groups is 3. The fourth-order valence-electron chi connectivity index (χ4n) is 3.67. The third kappa shape index (κ3) is 3.38. The minimum absolute atomic E-state index is 0.0123. The Labute approximate surface area is 163 Å². The zero-order valence-corrected chi connectivity index (χ0v) is 15.7. The summed E-state index contributed by atoms with van der Waals surface area (Å²) < 4.78 is 0. The van der Waals surface area contributed by atoms with Gasteiger partial charge in [0.2, 0.25) is 0 Å². The molecule has 2 aromatic rings. The van der Waals surface area contributed by atoms with Crippen molar-refractivity contribution in [2.24, 2.45) is 0 Å². The van der Waals surface area contributed by atoms with E-state index in [1.54, 1.807) is 13.0 Å². The second kappa shape index (κ2) is 7.11. The predicted molar refractivity (Wildman–Crippen MR) is 106 cm³/mol. The molecule has 0 aromatic heterocycles. The first kappa shape index (κ1) is 18.2. The van der Waals surface area contributed by atoms with E-state index in [4.69, 9.17) is 0 Å². The number of carbonyl (C=O) groups excluding carboxylic acids is 3. The normalized spacial score (nSPS) is 21.6. The Morgan fingerprint density at radius 1 is 1.11 bits per heavy atom. The van der Waals surface area contributed by atoms with E-state index in [0.29, 0.717) is 11.5 Å². The van der Waals surface area contributed by atoms with Gasteiger partial charge in [-0.3, -0.25) is 14.9 Å². The van der Waals surface area contributed by atoms with Crippen molar-refractivity contribution in [3.63, 3.8) is 0 Å². The van der Waals surface area contributed by atoms with Gasteiger partial charge in [0.1, 0.15) is 5.54 Å². The molecule has 1 saturated carbocycles. The third-order valence-electron chi connectivity index (χ3n) is 5.69. The molecule has 6 nitrogen and oxygen atoms in total. The van der Waals surface area contributed by atoms with Gasteiger partial charge in [0.05, 0.1) is 0 Å². The third-order valence-corrected chi connectivity index (χ3v) is 5.69. The van der Waals surface area contributed by atoms with Gasteiger partial charge >= 0.3 is 6.03 Å². The van der Waals surface area contributed by atoms with E-state index in [1.807, 2.05) is 18.2 Å². The van der Waals surface area contributed by atoms with Crippen LogP contribution in [-0.4, -0.2) is 29.9 Å². The summed E-state index contributed by atoms with van der Waals surface area (Å²) in [6.45, 7) is 1.59. The van der Waals surface area contributed by atoms with E-state index in [0.717, 1.165) is 11.1 Å². The minimum atomic E-state index is -1.15. The summed E-state index contributed by atoms with van der Waals surface area (Å²) in [6.07, 6.45) is 3.80. The van der Waals surface area contributed by atoms with Crippen molar-refractivity contribution < 1.29 is 14.4 Å². The number of benzene rings is 2. The Morgan fingerprint density at radius 3 is 2.43 bits per heavy atom. The van der Waals surface area contributed by atoms with Crippen molar-refractivity contribution in [1.29, 1.82) is 0 Å². The van der Waals surface area contributed by atoms with Crippen molar-refractivity contribution in [2.75, 3.05) is 6.54 Å². The van der Waals surface area contributed by atoms with Gasteiger partial charge in [-0.2, -0.15) is 0 Å². The van der Waals surface area contributed by atoms with E-state index < -0.39 is 17.5 Å². The van der Waals surface area contributed by atoms with E-state index in [9.17, 15) is 14.4 Å². The maximum atomic E-state index is 12.8. The average Bonchev–Trinajstić information content (AvgIpc) is 2.91. The highest BCUT2D eigenvalue weighted by molar-refractivity contribution is 6.07. The monoisotopic (exact) mass is 377 g/mol. The zero-order valence-electron chi connectivity index (χ0n) is 15.7. The van der Waals surface area contributed by atoms with Gasteiger partial charge < -0.3 is 10.6 Å². The van der Waals surface area contributed by atoms with Gasteiger partial charge in [0, 0.05) is 12.1 Å². The van der Waals surface area contributed by atoms with Gasteiger partial charge in [-0.25, -0.2) is 4.79 Å². The molecule has 1 saturated heterocycles. The van der Waals surface area contributed by atoms with Crippen LogP contribution in [0.4, 0.5) is 4.79 Å². The van der Waals surface area contributed by atoms with Gasteiger partial charge in [0.15, 0.2) is 0 Å². The Balaban J connectivity index is 1.51. The predicted octanol–water partition coefficient (Wildman–Crippen LogP) is 2.95. The van der Waals surface area contributed by atoms with Crippen molar-refractivity contribution in [2.45, 2.75) is 37.6 Å². The highest BCUT2D eigenvalue weighted by Gasteiger charge is 2.42. The van der Waals surface area contributed by atoms with Crippen LogP contribution >= 0.6 is 0 Å². The van der Waals surface area contributed by atoms with Gasteiger partial charge in [-0.1, -0.05) is 48.9 Å². The Kier molecular flexibility index (Phi) is 4.63. The Bertz CT molecular complexity index is 934. The zero-order chi connectivity index (χ0) is 19.7. The summed E-state index contributed by atoms with van der Waals surface area (Å²) in [7, 11) is 0. The number of amides is 4. The summed E-state index contributed by atoms with van der Waals surface area (Å²) >= 11 is 0. The summed E-state index contributed by atoms with van der Waals surface area (Å²) in [5.41, 5.74) is 2.56. The topological polar surface area (TPSA) is 87.3 Å². The molecular formula is C22H23N3O3. The molecule has 2 fully saturated rings. The maximum absolute atomic E-state index is 12.8. The standard InChI is InChI=1S/C22H23N3O3/c1-22(20(27)24-21(28)25-22)13-23-19(26)18-8-3-2-7-17(18)16-11-9-15(10-12-16)14-5-4-6-14/h2-3,7-12,14H,4-6,13H2,1H3,(H,23,26)(H2,24,25,27,28)/t22-/m1/s1. The van der Waals surface area contributed by atoms with Crippen LogP contribution in [0.1, 0.15) is 48.0 Å². The molecule has 1 aliphatic heterocycles. The first-order valence-corrected chi connectivity index (χ1v) is 9.57. The van der Waals surface area contributed by atoms with Crippen LogP contribution in [0.3, 0.4) is 0 Å². The molecular weight excluding hydrogens is 354 g/mol. The summed E-state index contributed by atoms with van der Waals surface area (Å²) in [4.78, 5) is 36.1. The number of rotatable bonds is 5. The smallest absolute Gasteiger partial charge is 0.322 e. The van der Waals surface area contributed by atoms with Crippen LogP contribution in [0.15, 0.2) is 48.5 Å². The quantitative estimate of drug-likeness (QED) is 0.700. The maximum Gasteiger partial charge on any atom is 0.322 e. The molecule has 1 aliphatic carbocycles. The minimum Gasteiger partial charge on any atom is -0.349 e. The van der Waals surface area contributed by atoms with Crippen molar-refractivity contribution in [3.8, 4) is 11.1 Å². The van der Waals surface area contributed by atoms with Gasteiger partial charge in [-0.15, -0.1) is 0 Å². The molecule has 28 heavy (non-hydrogen) atoms. The molecule has 3 N–H and O–H groups in total. The second-order valence-corrected chi connectivity index (χ2v) is 7.72. The van der Waals surface area contributed by atoms with Crippen molar-refractivity contribution in [3.05, 3.63) is 59.7 Å². The molecule has 0 radical (unpaired) electrons. The van der Waals surface area contributed by atoms with Crippen molar-refractivity contribution in [1.82, 2.24) is 16.0 Å². The van der Waals surface area contributed by atoms with Crippen LogP contribution in [-0.2, 0) is 4.79 Å². The molecule has 2 aromatic carbocycles. The first-order chi connectivity index (χ1) is 13.5. The van der Waals surface area contributed by atoms with Crippen LogP contribution in [0.5, 0.6) is 0 Å². The average molecular weight is 377 g/mol.